The molecule has 1 aromatic carbocycles. The molecular weight excluding hydrogens is 382 g/mol. The number of urea groups is 1. The Morgan fingerprint density at radius 2 is 1.87 bits per heavy atom. The fourth-order valence-corrected chi connectivity index (χ4v) is 3.10. The third kappa shape index (κ3) is 7.20. The molecule has 1 saturated heterocycles. The smallest absolute Gasteiger partial charge is 0.315 e. The predicted octanol–water partition coefficient (Wildman–Crippen LogP) is 1.86. The number of carbonyl (C=O) groups excluding carboxylic acids is 1. The van der Waals surface area contributed by atoms with Crippen molar-refractivity contribution in [3.8, 4) is 5.75 Å². The van der Waals surface area contributed by atoms with Gasteiger partial charge in [0, 0.05) is 53.0 Å². The summed E-state index contributed by atoms with van der Waals surface area (Å²) in [5, 5.41) is 5.77. The molecule has 2 N–H and O–H groups in total. The van der Waals surface area contributed by atoms with Gasteiger partial charge in [-0.1, -0.05) is 12.1 Å². The summed E-state index contributed by atoms with van der Waals surface area (Å²) in [7, 11) is 3.87. The summed E-state index contributed by atoms with van der Waals surface area (Å²) in [5.74, 6) is 1.68. The average Bonchev–Trinajstić information content (AvgIpc) is 2.77. The van der Waals surface area contributed by atoms with Gasteiger partial charge in [0.15, 0.2) is 0 Å². The Balaban J connectivity index is 1.39. The summed E-state index contributed by atoms with van der Waals surface area (Å²) in [6.45, 7) is 5.90. The molecule has 0 atom stereocenters. The van der Waals surface area contributed by atoms with Gasteiger partial charge in [0.1, 0.15) is 18.2 Å². The second kappa shape index (κ2) is 11.4. The minimum absolute atomic E-state index is 0.211. The van der Waals surface area contributed by atoms with E-state index in [-0.39, 0.29) is 6.03 Å². The van der Waals surface area contributed by atoms with Crippen LogP contribution in [0.4, 0.5) is 10.6 Å². The van der Waals surface area contributed by atoms with Crippen LogP contribution in [0.25, 0.3) is 0 Å². The van der Waals surface area contributed by atoms with Gasteiger partial charge in [-0.2, -0.15) is 0 Å². The van der Waals surface area contributed by atoms with E-state index in [4.69, 9.17) is 9.47 Å². The Hall–Kier alpha value is -2.84. The van der Waals surface area contributed by atoms with Crippen molar-refractivity contribution in [3.63, 3.8) is 0 Å². The molecule has 162 valence electrons. The molecule has 1 fully saturated rings. The molecule has 0 saturated carbocycles. The minimum atomic E-state index is -0.211. The lowest BCUT2D eigenvalue weighted by Crippen LogP contribution is -2.38. The summed E-state index contributed by atoms with van der Waals surface area (Å²) in [6, 6.07) is 11.5. The van der Waals surface area contributed by atoms with Crippen LogP contribution in [-0.4, -0.2) is 69.5 Å². The summed E-state index contributed by atoms with van der Waals surface area (Å²) in [4.78, 5) is 20.7. The zero-order valence-electron chi connectivity index (χ0n) is 17.8. The van der Waals surface area contributed by atoms with Crippen molar-refractivity contribution in [1.29, 1.82) is 0 Å². The van der Waals surface area contributed by atoms with E-state index in [1.807, 2.05) is 55.4 Å². The Labute approximate surface area is 178 Å². The average molecular weight is 414 g/mol. The number of pyridine rings is 1. The number of aromatic nitrogens is 1. The molecule has 8 heteroatoms. The van der Waals surface area contributed by atoms with Crippen molar-refractivity contribution in [2.45, 2.75) is 13.1 Å². The maximum Gasteiger partial charge on any atom is 0.315 e. The molecule has 2 aromatic rings. The van der Waals surface area contributed by atoms with Crippen LogP contribution in [-0.2, 0) is 17.8 Å². The number of morpholine rings is 1. The molecule has 1 aromatic heterocycles. The number of nitrogens with zero attached hydrogens (tertiary/aromatic N) is 3. The van der Waals surface area contributed by atoms with Crippen LogP contribution in [0.1, 0.15) is 11.1 Å². The number of hydrogen-bond acceptors (Lipinski definition) is 6. The van der Waals surface area contributed by atoms with Gasteiger partial charge in [0.05, 0.1) is 13.2 Å². The second-order valence-electron chi connectivity index (χ2n) is 7.40. The van der Waals surface area contributed by atoms with Gasteiger partial charge in [-0.3, -0.25) is 4.90 Å². The van der Waals surface area contributed by atoms with E-state index >= 15 is 0 Å². The van der Waals surface area contributed by atoms with Crippen LogP contribution in [0, 0.1) is 0 Å². The van der Waals surface area contributed by atoms with Crippen LogP contribution in [0.2, 0.25) is 0 Å². The van der Waals surface area contributed by atoms with Crippen LogP contribution < -0.4 is 20.3 Å². The van der Waals surface area contributed by atoms with Crippen molar-refractivity contribution in [1.82, 2.24) is 20.5 Å². The number of anilines is 1. The van der Waals surface area contributed by atoms with Crippen LogP contribution in [0.15, 0.2) is 42.6 Å². The molecule has 1 aliphatic rings. The zero-order valence-corrected chi connectivity index (χ0v) is 17.8. The highest BCUT2D eigenvalue weighted by Gasteiger charge is 2.10. The van der Waals surface area contributed by atoms with Gasteiger partial charge in [0.2, 0.25) is 0 Å². The highest BCUT2D eigenvalue weighted by atomic mass is 16.5. The summed E-state index contributed by atoms with van der Waals surface area (Å²) in [5.41, 5.74) is 1.99. The number of nitrogens with one attached hydrogen (secondary N) is 2. The molecule has 0 unspecified atom stereocenters. The molecule has 0 spiro atoms. The highest BCUT2D eigenvalue weighted by molar-refractivity contribution is 5.73. The lowest BCUT2D eigenvalue weighted by molar-refractivity contribution is 0.0322. The second-order valence-corrected chi connectivity index (χ2v) is 7.40. The van der Waals surface area contributed by atoms with Crippen LogP contribution in [0.3, 0.4) is 0 Å². The van der Waals surface area contributed by atoms with Crippen LogP contribution in [0.5, 0.6) is 5.75 Å². The number of amides is 2. The van der Waals surface area contributed by atoms with Gasteiger partial charge in [-0.05, 0) is 35.4 Å². The van der Waals surface area contributed by atoms with Gasteiger partial charge in [-0.15, -0.1) is 0 Å². The minimum Gasteiger partial charge on any atom is -0.492 e. The first kappa shape index (κ1) is 21.9. The molecule has 2 heterocycles. The zero-order chi connectivity index (χ0) is 21.2. The van der Waals surface area contributed by atoms with Gasteiger partial charge >= 0.3 is 6.03 Å². The normalized spacial score (nSPS) is 14.2. The van der Waals surface area contributed by atoms with Crippen molar-refractivity contribution in [3.05, 3.63) is 53.7 Å². The van der Waals surface area contributed by atoms with Gasteiger partial charge in [-0.25, -0.2) is 9.78 Å². The first-order valence-corrected chi connectivity index (χ1v) is 10.3. The number of hydrogen-bond donors (Lipinski definition) is 2. The standard InChI is InChI=1S/C22H31N5O3/c1-26(2)21-15-19(6-7-23-21)17-25-22(28)24-16-18-4-3-5-20(14-18)30-13-10-27-8-11-29-12-9-27/h3-7,14-15H,8-13,16-17H2,1-2H3,(H2,24,25,28). The van der Waals surface area contributed by atoms with Crippen molar-refractivity contribution in [2.75, 3.05) is 58.5 Å². The van der Waals surface area contributed by atoms with E-state index < -0.39 is 0 Å². The van der Waals surface area contributed by atoms with E-state index in [1.165, 1.54) is 0 Å². The molecule has 0 bridgehead atoms. The van der Waals surface area contributed by atoms with Gasteiger partial charge < -0.3 is 25.0 Å². The number of benzene rings is 1. The first-order chi connectivity index (χ1) is 14.6. The molecular formula is C22H31N5O3. The van der Waals surface area contributed by atoms with Crippen LogP contribution >= 0.6 is 0 Å². The highest BCUT2D eigenvalue weighted by Crippen LogP contribution is 2.13. The first-order valence-electron chi connectivity index (χ1n) is 10.3. The van der Waals surface area contributed by atoms with Gasteiger partial charge in [0.25, 0.3) is 0 Å². The van der Waals surface area contributed by atoms with E-state index in [0.29, 0.717) is 19.7 Å². The quantitative estimate of drug-likeness (QED) is 0.653. The van der Waals surface area contributed by atoms with E-state index in [0.717, 1.165) is 55.5 Å². The number of ether oxygens (including phenoxy) is 2. The van der Waals surface area contributed by atoms with E-state index in [1.54, 1.807) is 6.20 Å². The summed E-state index contributed by atoms with van der Waals surface area (Å²) >= 11 is 0. The van der Waals surface area contributed by atoms with Crippen molar-refractivity contribution in [2.24, 2.45) is 0 Å². The predicted molar refractivity (Wildman–Crippen MR) is 117 cm³/mol. The van der Waals surface area contributed by atoms with Crippen molar-refractivity contribution >= 4 is 11.8 Å². The third-order valence-corrected chi connectivity index (χ3v) is 4.85. The van der Waals surface area contributed by atoms with Crippen molar-refractivity contribution < 1.29 is 14.3 Å². The number of rotatable bonds is 9. The van der Waals surface area contributed by atoms with E-state index in [2.05, 4.69) is 20.5 Å². The topological polar surface area (TPSA) is 79.0 Å². The Kier molecular flexibility index (Phi) is 8.29. The molecule has 1 aliphatic heterocycles. The fourth-order valence-electron chi connectivity index (χ4n) is 3.10. The summed E-state index contributed by atoms with van der Waals surface area (Å²) < 4.78 is 11.2. The fraction of sp³-hybridized carbons (Fsp3) is 0.455. The molecule has 8 nitrogen and oxygen atoms in total. The summed E-state index contributed by atoms with van der Waals surface area (Å²) in [6.07, 6.45) is 1.74. The molecule has 0 radical (unpaired) electrons. The monoisotopic (exact) mass is 413 g/mol. The maximum atomic E-state index is 12.1. The number of carbonyl (C=O) groups is 1. The molecule has 0 aliphatic carbocycles. The Bertz CT molecular complexity index is 809. The lowest BCUT2D eigenvalue weighted by atomic mass is 10.2. The third-order valence-electron chi connectivity index (χ3n) is 4.85. The molecule has 30 heavy (non-hydrogen) atoms. The molecule has 3 rings (SSSR count). The molecule has 2 amide bonds. The lowest BCUT2D eigenvalue weighted by Gasteiger charge is -2.26. The Morgan fingerprint density at radius 1 is 1.13 bits per heavy atom. The Morgan fingerprint density at radius 3 is 2.60 bits per heavy atom. The largest absolute Gasteiger partial charge is 0.492 e. The SMILES string of the molecule is CN(C)c1cc(CNC(=O)NCc2cccc(OCCN3CCOCC3)c2)ccn1. The van der Waals surface area contributed by atoms with E-state index in [9.17, 15) is 4.79 Å². The maximum absolute atomic E-state index is 12.1.